The number of phenolic OH excluding ortho intramolecular Hbond substituents is 1. The van der Waals surface area contributed by atoms with Gasteiger partial charge >= 0.3 is 0 Å². The highest BCUT2D eigenvalue weighted by molar-refractivity contribution is 6.32. The fraction of sp³-hybridized carbons (Fsp3) is 0.130. The molecule has 0 heterocycles. The lowest BCUT2D eigenvalue weighted by molar-refractivity contribution is -0.123. The number of nitrogens with zero attached hydrogens (tertiary/aromatic N) is 3. The third-order valence-electron chi connectivity index (χ3n) is 4.38. The summed E-state index contributed by atoms with van der Waals surface area (Å²) in [6.45, 7) is 3.79. The van der Waals surface area contributed by atoms with Crippen molar-refractivity contribution < 1.29 is 14.6 Å². The van der Waals surface area contributed by atoms with E-state index >= 15 is 0 Å². The van der Waals surface area contributed by atoms with E-state index in [9.17, 15) is 9.90 Å². The van der Waals surface area contributed by atoms with E-state index in [0.29, 0.717) is 27.7 Å². The molecule has 0 radical (unpaired) electrons. The lowest BCUT2D eigenvalue weighted by Crippen LogP contribution is -2.24. The molecular weight excluding hydrogens is 416 g/mol. The van der Waals surface area contributed by atoms with Gasteiger partial charge in [0.05, 0.1) is 16.9 Å². The number of hydrogen-bond donors (Lipinski definition) is 2. The number of halogens is 1. The summed E-state index contributed by atoms with van der Waals surface area (Å²) in [5.41, 5.74) is 5.98. The number of aromatic hydroxyl groups is 1. The molecule has 1 amide bonds. The Morgan fingerprint density at radius 3 is 2.65 bits per heavy atom. The Balaban J connectivity index is 1.58. The second kappa shape index (κ2) is 10.4. The van der Waals surface area contributed by atoms with E-state index in [1.54, 1.807) is 36.4 Å². The molecule has 0 atom stereocenters. The van der Waals surface area contributed by atoms with Gasteiger partial charge in [-0.15, -0.1) is 5.11 Å². The van der Waals surface area contributed by atoms with Gasteiger partial charge in [0.25, 0.3) is 5.91 Å². The van der Waals surface area contributed by atoms with Crippen LogP contribution in [0, 0.1) is 13.8 Å². The monoisotopic (exact) mass is 436 g/mol. The average Bonchev–Trinajstić information content (AvgIpc) is 2.76. The molecule has 0 aromatic heterocycles. The average molecular weight is 437 g/mol. The molecule has 31 heavy (non-hydrogen) atoms. The second-order valence-electron chi connectivity index (χ2n) is 6.72. The van der Waals surface area contributed by atoms with Crippen molar-refractivity contribution in [2.45, 2.75) is 13.8 Å². The second-order valence-corrected chi connectivity index (χ2v) is 7.13. The highest BCUT2D eigenvalue weighted by Gasteiger charge is 2.04. The number of phenols is 1. The molecule has 0 aliphatic rings. The molecule has 3 aromatic carbocycles. The van der Waals surface area contributed by atoms with E-state index in [4.69, 9.17) is 16.3 Å². The van der Waals surface area contributed by atoms with Gasteiger partial charge in [0.2, 0.25) is 0 Å². The summed E-state index contributed by atoms with van der Waals surface area (Å²) < 4.78 is 5.46. The van der Waals surface area contributed by atoms with E-state index in [0.717, 1.165) is 11.1 Å². The van der Waals surface area contributed by atoms with Crippen molar-refractivity contribution in [1.82, 2.24) is 5.43 Å². The van der Waals surface area contributed by atoms with Crippen molar-refractivity contribution in [2.75, 3.05) is 6.61 Å². The standard InChI is InChI=1S/C23H21ClN4O3/c1-15-7-9-19(11-16(15)2)31-14-23(30)28-25-13-17-12-18(8-10-22(17)29)26-27-21-6-4-3-5-20(21)24/h3-13,29H,14H2,1-2H3,(H,28,30)/b25-13-,27-26?. The summed E-state index contributed by atoms with van der Waals surface area (Å²) in [5, 5.41) is 22.6. The molecule has 8 heteroatoms. The molecule has 0 spiro atoms. The van der Waals surface area contributed by atoms with Gasteiger partial charge in [0, 0.05) is 5.56 Å². The molecule has 0 aliphatic heterocycles. The zero-order valence-corrected chi connectivity index (χ0v) is 17.8. The van der Waals surface area contributed by atoms with Crippen LogP contribution in [0.15, 0.2) is 76.0 Å². The first-order chi connectivity index (χ1) is 14.9. The minimum atomic E-state index is -0.427. The van der Waals surface area contributed by atoms with Crippen molar-refractivity contribution in [3.8, 4) is 11.5 Å². The number of azo groups is 1. The molecule has 3 rings (SSSR count). The molecular formula is C23H21ClN4O3. The minimum absolute atomic E-state index is 0.0129. The Morgan fingerprint density at radius 2 is 1.87 bits per heavy atom. The smallest absolute Gasteiger partial charge is 0.277 e. The minimum Gasteiger partial charge on any atom is -0.507 e. The third kappa shape index (κ3) is 6.38. The van der Waals surface area contributed by atoms with Gasteiger partial charge in [-0.05, 0) is 67.4 Å². The molecule has 0 aliphatic carbocycles. The highest BCUT2D eigenvalue weighted by atomic mass is 35.5. The van der Waals surface area contributed by atoms with E-state index in [2.05, 4.69) is 20.8 Å². The number of rotatable bonds is 7. The molecule has 2 N–H and O–H groups in total. The molecule has 0 fully saturated rings. The Hall–Kier alpha value is -3.71. The maximum atomic E-state index is 11.9. The van der Waals surface area contributed by atoms with Crippen LogP contribution in [-0.4, -0.2) is 23.8 Å². The summed E-state index contributed by atoms with van der Waals surface area (Å²) in [6.07, 6.45) is 1.32. The van der Waals surface area contributed by atoms with Gasteiger partial charge in [-0.25, -0.2) is 5.43 Å². The van der Waals surface area contributed by atoms with Crippen molar-refractivity contribution in [3.05, 3.63) is 82.4 Å². The van der Waals surface area contributed by atoms with Crippen LogP contribution in [0.2, 0.25) is 5.02 Å². The van der Waals surface area contributed by atoms with Gasteiger partial charge in [0.1, 0.15) is 17.2 Å². The van der Waals surface area contributed by atoms with E-state index in [-0.39, 0.29) is 12.4 Å². The zero-order valence-electron chi connectivity index (χ0n) is 17.0. The first kappa shape index (κ1) is 22.0. The van der Waals surface area contributed by atoms with Gasteiger partial charge in [0.15, 0.2) is 6.61 Å². The maximum absolute atomic E-state index is 11.9. The number of nitrogens with one attached hydrogen (secondary N) is 1. The Labute approximate surface area is 185 Å². The molecule has 158 valence electrons. The van der Waals surface area contributed by atoms with Crippen molar-refractivity contribution in [2.24, 2.45) is 15.3 Å². The summed E-state index contributed by atoms with van der Waals surface area (Å²) in [6, 6.07) is 17.3. The number of ether oxygens (including phenoxy) is 1. The summed E-state index contributed by atoms with van der Waals surface area (Å²) in [5.74, 6) is 0.168. The summed E-state index contributed by atoms with van der Waals surface area (Å²) in [4.78, 5) is 11.9. The fourth-order valence-corrected chi connectivity index (χ4v) is 2.68. The molecule has 0 bridgehead atoms. The maximum Gasteiger partial charge on any atom is 0.277 e. The Bertz CT molecular complexity index is 1150. The predicted molar refractivity (Wildman–Crippen MR) is 121 cm³/mol. The number of hydrogen-bond acceptors (Lipinski definition) is 6. The largest absolute Gasteiger partial charge is 0.507 e. The molecule has 0 saturated heterocycles. The van der Waals surface area contributed by atoms with Crippen LogP contribution < -0.4 is 10.2 Å². The van der Waals surface area contributed by atoms with Crippen LogP contribution in [0.4, 0.5) is 11.4 Å². The Kier molecular flexibility index (Phi) is 7.35. The van der Waals surface area contributed by atoms with Crippen LogP contribution in [0.1, 0.15) is 16.7 Å². The highest BCUT2D eigenvalue weighted by Crippen LogP contribution is 2.27. The summed E-state index contributed by atoms with van der Waals surface area (Å²) >= 11 is 6.06. The van der Waals surface area contributed by atoms with E-state index in [1.165, 1.54) is 12.3 Å². The number of hydrazone groups is 1. The number of aryl methyl sites for hydroxylation is 2. The lowest BCUT2D eigenvalue weighted by Gasteiger charge is -2.07. The molecule has 7 nitrogen and oxygen atoms in total. The number of carbonyl (C=O) groups excluding carboxylic acids is 1. The SMILES string of the molecule is Cc1ccc(OCC(=O)N/N=C\c2cc(N=Nc3ccccc3Cl)ccc2O)cc1C. The van der Waals surface area contributed by atoms with E-state index < -0.39 is 5.91 Å². The number of carbonyl (C=O) groups is 1. The number of benzene rings is 3. The van der Waals surface area contributed by atoms with Crippen molar-refractivity contribution in [3.63, 3.8) is 0 Å². The lowest BCUT2D eigenvalue weighted by atomic mass is 10.1. The van der Waals surface area contributed by atoms with Crippen LogP contribution in [0.25, 0.3) is 0 Å². The van der Waals surface area contributed by atoms with E-state index in [1.807, 2.05) is 32.0 Å². The molecule has 0 saturated carbocycles. The third-order valence-corrected chi connectivity index (χ3v) is 4.70. The van der Waals surface area contributed by atoms with Gasteiger partial charge in [-0.1, -0.05) is 29.8 Å². The van der Waals surface area contributed by atoms with Crippen molar-refractivity contribution in [1.29, 1.82) is 0 Å². The number of amides is 1. The van der Waals surface area contributed by atoms with Crippen LogP contribution in [-0.2, 0) is 4.79 Å². The normalized spacial score (nSPS) is 11.2. The quantitative estimate of drug-likeness (QED) is 0.286. The predicted octanol–water partition coefficient (Wildman–Crippen LogP) is 5.61. The van der Waals surface area contributed by atoms with Gasteiger partial charge in [-0.3, -0.25) is 4.79 Å². The van der Waals surface area contributed by atoms with Crippen LogP contribution in [0.3, 0.4) is 0 Å². The van der Waals surface area contributed by atoms with Gasteiger partial charge in [-0.2, -0.15) is 10.2 Å². The Morgan fingerprint density at radius 1 is 1.06 bits per heavy atom. The van der Waals surface area contributed by atoms with Crippen LogP contribution in [0.5, 0.6) is 11.5 Å². The fourth-order valence-electron chi connectivity index (χ4n) is 2.51. The zero-order chi connectivity index (χ0) is 22.2. The molecule has 3 aromatic rings. The van der Waals surface area contributed by atoms with Crippen molar-refractivity contribution >= 4 is 35.1 Å². The topological polar surface area (TPSA) is 95.6 Å². The molecule has 0 unspecified atom stereocenters. The van der Waals surface area contributed by atoms with Crippen LogP contribution >= 0.6 is 11.6 Å². The first-order valence-electron chi connectivity index (χ1n) is 9.43. The summed E-state index contributed by atoms with van der Waals surface area (Å²) in [7, 11) is 0. The first-order valence-corrected chi connectivity index (χ1v) is 9.81. The van der Waals surface area contributed by atoms with Gasteiger partial charge < -0.3 is 9.84 Å².